The van der Waals surface area contributed by atoms with E-state index >= 15 is 0 Å². The molecule has 17 heavy (non-hydrogen) atoms. The maximum absolute atomic E-state index is 12.0. The molecule has 1 aromatic rings. The Kier molecular flexibility index (Phi) is 3.81. The highest BCUT2D eigenvalue weighted by atomic mass is 32.1. The Morgan fingerprint density at radius 3 is 3.00 bits per heavy atom. The maximum atomic E-state index is 12.0. The van der Waals surface area contributed by atoms with E-state index in [0.29, 0.717) is 6.54 Å². The molecule has 0 spiro atoms. The number of nitrogens with one attached hydrogen (secondary N) is 1. The van der Waals surface area contributed by atoms with Crippen molar-refractivity contribution in [3.05, 3.63) is 22.4 Å². The lowest BCUT2D eigenvalue weighted by Crippen LogP contribution is -2.43. The predicted molar refractivity (Wildman–Crippen MR) is 69.9 cm³/mol. The van der Waals surface area contributed by atoms with Crippen LogP contribution in [0.15, 0.2) is 17.5 Å². The summed E-state index contributed by atoms with van der Waals surface area (Å²) in [5, 5.41) is 5.33. The molecule has 1 aromatic heterocycles. The van der Waals surface area contributed by atoms with Gasteiger partial charge in [-0.05, 0) is 32.5 Å². The smallest absolute Gasteiger partial charge is 0.238 e. The Bertz CT molecular complexity index is 377. The molecule has 0 radical (unpaired) electrons. The summed E-state index contributed by atoms with van der Waals surface area (Å²) in [6.07, 6.45) is 0.0532. The molecule has 94 valence electrons. The zero-order chi connectivity index (χ0) is 12.4. The van der Waals surface area contributed by atoms with Crippen LogP contribution >= 0.6 is 11.3 Å². The summed E-state index contributed by atoms with van der Waals surface area (Å²) >= 11 is 1.69. The van der Waals surface area contributed by atoms with Crippen molar-refractivity contribution in [3.8, 4) is 0 Å². The summed E-state index contributed by atoms with van der Waals surface area (Å²) in [4.78, 5) is 17.2. The number of hydrogen-bond donors (Lipinski definition) is 1. The fourth-order valence-electron chi connectivity index (χ4n) is 2.32. The minimum Gasteiger partial charge on any atom is -0.317 e. The molecule has 1 aliphatic heterocycles. The van der Waals surface area contributed by atoms with E-state index < -0.39 is 0 Å². The zero-order valence-corrected chi connectivity index (χ0v) is 11.3. The molecule has 1 aliphatic rings. The molecule has 1 N–H and O–H groups in total. The van der Waals surface area contributed by atoms with Crippen LogP contribution in [0, 0.1) is 0 Å². The summed E-state index contributed by atoms with van der Waals surface area (Å²) < 4.78 is 0. The van der Waals surface area contributed by atoms with Gasteiger partial charge in [-0.25, -0.2) is 0 Å². The number of rotatable bonds is 4. The van der Waals surface area contributed by atoms with Crippen molar-refractivity contribution in [2.24, 2.45) is 0 Å². The molecular weight excluding hydrogens is 234 g/mol. The van der Waals surface area contributed by atoms with Gasteiger partial charge in [-0.1, -0.05) is 6.07 Å². The predicted octanol–water partition coefficient (Wildman–Crippen LogP) is 1.13. The number of hydrogen-bond acceptors (Lipinski definition) is 4. The normalized spacial score (nSPS) is 22.5. The van der Waals surface area contributed by atoms with Crippen LogP contribution < -0.4 is 5.32 Å². The largest absolute Gasteiger partial charge is 0.317 e. The van der Waals surface area contributed by atoms with Crippen LogP contribution in [-0.2, 0) is 4.79 Å². The van der Waals surface area contributed by atoms with Crippen molar-refractivity contribution in [3.63, 3.8) is 0 Å². The van der Waals surface area contributed by atoms with Gasteiger partial charge >= 0.3 is 0 Å². The van der Waals surface area contributed by atoms with Crippen LogP contribution in [0.4, 0.5) is 0 Å². The highest BCUT2D eigenvalue weighted by molar-refractivity contribution is 7.10. The van der Waals surface area contributed by atoms with Crippen LogP contribution in [0.25, 0.3) is 0 Å². The summed E-state index contributed by atoms with van der Waals surface area (Å²) in [7, 11) is 4.06. The van der Waals surface area contributed by atoms with Crippen LogP contribution in [0.3, 0.4) is 0 Å². The lowest BCUT2D eigenvalue weighted by molar-refractivity contribution is -0.130. The molecule has 0 bridgehead atoms. The van der Waals surface area contributed by atoms with Gasteiger partial charge in [-0.15, -0.1) is 11.3 Å². The summed E-state index contributed by atoms with van der Waals surface area (Å²) in [6, 6.07) is 4.33. The summed E-state index contributed by atoms with van der Waals surface area (Å²) in [6.45, 7) is 3.43. The van der Waals surface area contributed by atoms with Crippen LogP contribution in [0.1, 0.15) is 18.0 Å². The highest BCUT2D eigenvalue weighted by Crippen LogP contribution is 2.28. The van der Waals surface area contributed by atoms with E-state index in [9.17, 15) is 4.79 Å². The second-order valence-corrected chi connectivity index (χ2v) is 5.69. The number of nitrogens with zero attached hydrogens (tertiary/aromatic N) is 2. The van der Waals surface area contributed by atoms with E-state index in [2.05, 4.69) is 28.6 Å². The van der Waals surface area contributed by atoms with Gasteiger partial charge in [-0.3, -0.25) is 10.1 Å². The van der Waals surface area contributed by atoms with E-state index in [-0.39, 0.29) is 18.1 Å². The third-order valence-electron chi connectivity index (χ3n) is 2.93. The molecule has 0 aromatic carbocycles. The van der Waals surface area contributed by atoms with Gasteiger partial charge in [0.25, 0.3) is 0 Å². The van der Waals surface area contributed by atoms with Gasteiger partial charge in [0.05, 0.1) is 6.54 Å². The molecule has 5 heteroatoms. The number of amides is 1. The van der Waals surface area contributed by atoms with Gasteiger partial charge in [0.1, 0.15) is 6.17 Å². The SMILES string of the molecule is CC(CN(C)C)N1C(=O)CNC1c1cccs1. The number of thiophene rings is 1. The Morgan fingerprint density at radius 1 is 1.65 bits per heavy atom. The second-order valence-electron chi connectivity index (χ2n) is 4.71. The Balaban J connectivity index is 2.14. The summed E-state index contributed by atoms with van der Waals surface area (Å²) in [5.74, 6) is 0.192. The average molecular weight is 253 g/mol. The van der Waals surface area contributed by atoms with Crippen molar-refractivity contribution in [2.75, 3.05) is 27.2 Å². The van der Waals surface area contributed by atoms with Gasteiger partial charge in [0.2, 0.25) is 5.91 Å². The van der Waals surface area contributed by atoms with Gasteiger partial charge in [0.15, 0.2) is 0 Å². The molecular formula is C12H19N3OS. The van der Waals surface area contributed by atoms with Crippen molar-refractivity contribution in [2.45, 2.75) is 19.1 Å². The lowest BCUT2D eigenvalue weighted by Gasteiger charge is -2.31. The molecule has 0 saturated carbocycles. The van der Waals surface area contributed by atoms with Crippen LogP contribution in [-0.4, -0.2) is 48.9 Å². The quantitative estimate of drug-likeness (QED) is 0.873. The van der Waals surface area contributed by atoms with Crippen LogP contribution in [0.5, 0.6) is 0 Å². The third-order valence-corrected chi connectivity index (χ3v) is 3.85. The Hall–Kier alpha value is -0.910. The van der Waals surface area contributed by atoms with Crippen molar-refractivity contribution >= 4 is 17.2 Å². The van der Waals surface area contributed by atoms with Gasteiger partial charge < -0.3 is 9.80 Å². The van der Waals surface area contributed by atoms with E-state index in [1.165, 1.54) is 4.88 Å². The first-order chi connectivity index (χ1) is 8.09. The number of carbonyl (C=O) groups excluding carboxylic acids is 1. The molecule has 2 heterocycles. The van der Waals surface area contributed by atoms with E-state index in [1.807, 2.05) is 25.1 Å². The molecule has 2 atom stereocenters. The van der Waals surface area contributed by atoms with E-state index in [1.54, 1.807) is 11.3 Å². The number of carbonyl (C=O) groups is 1. The van der Waals surface area contributed by atoms with Crippen molar-refractivity contribution in [1.29, 1.82) is 0 Å². The Labute approximate surface area is 106 Å². The minimum absolute atomic E-state index is 0.0532. The van der Waals surface area contributed by atoms with Crippen molar-refractivity contribution < 1.29 is 4.79 Å². The highest BCUT2D eigenvalue weighted by Gasteiger charge is 2.35. The van der Waals surface area contributed by atoms with Gasteiger partial charge in [0, 0.05) is 17.5 Å². The molecule has 1 amide bonds. The molecule has 2 rings (SSSR count). The van der Waals surface area contributed by atoms with Gasteiger partial charge in [-0.2, -0.15) is 0 Å². The van der Waals surface area contributed by atoms with Crippen molar-refractivity contribution in [1.82, 2.24) is 15.1 Å². The lowest BCUT2D eigenvalue weighted by atomic mass is 10.2. The average Bonchev–Trinajstić information content (AvgIpc) is 2.84. The standard InChI is InChI=1S/C12H19N3OS/c1-9(8-14(2)3)15-11(16)7-13-12(15)10-5-4-6-17-10/h4-6,9,12-13H,7-8H2,1-3H3. The number of likely N-dealkylation sites (N-methyl/N-ethyl adjacent to an activating group) is 1. The molecule has 0 aliphatic carbocycles. The third kappa shape index (κ3) is 2.68. The zero-order valence-electron chi connectivity index (χ0n) is 10.5. The monoisotopic (exact) mass is 253 g/mol. The summed E-state index contributed by atoms with van der Waals surface area (Å²) in [5.41, 5.74) is 0. The fraction of sp³-hybridized carbons (Fsp3) is 0.583. The molecule has 1 saturated heterocycles. The molecule has 2 unspecified atom stereocenters. The van der Waals surface area contributed by atoms with E-state index in [4.69, 9.17) is 0 Å². The minimum atomic E-state index is 0.0532. The molecule has 4 nitrogen and oxygen atoms in total. The maximum Gasteiger partial charge on any atom is 0.238 e. The first-order valence-electron chi connectivity index (χ1n) is 5.82. The first kappa shape index (κ1) is 12.5. The fourth-order valence-corrected chi connectivity index (χ4v) is 3.12. The molecule has 1 fully saturated rings. The van der Waals surface area contributed by atoms with Crippen LogP contribution in [0.2, 0.25) is 0 Å². The second kappa shape index (κ2) is 5.16. The topological polar surface area (TPSA) is 35.6 Å². The Morgan fingerprint density at radius 2 is 2.41 bits per heavy atom. The first-order valence-corrected chi connectivity index (χ1v) is 6.70. The van der Waals surface area contributed by atoms with E-state index in [0.717, 1.165) is 6.54 Å².